The van der Waals surface area contributed by atoms with E-state index in [2.05, 4.69) is 22.9 Å². The zero-order valence-corrected chi connectivity index (χ0v) is 16.4. The van der Waals surface area contributed by atoms with Gasteiger partial charge in [-0.15, -0.1) is 0 Å². The van der Waals surface area contributed by atoms with Crippen molar-refractivity contribution in [3.8, 4) is 5.75 Å². The lowest BCUT2D eigenvalue weighted by atomic mass is 10.1. The molecule has 8 heteroatoms. The van der Waals surface area contributed by atoms with Crippen molar-refractivity contribution in [2.75, 3.05) is 6.61 Å². The van der Waals surface area contributed by atoms with E-state index in [4.69, 9.17) is 4.74 Å². The largest absolute Gasteiger partial charge is 0.490 e. The highest BCUT2D eigenvalue weighted by Crippen LogP contribution is 2.38. The van der Waals surface area contributed by atoms with Crippen LogP contribution >= 0.6 is 24.4 Å². The summed E-state index contributed by atoms with van der Waals surface area (Å²) in [6.07, 6.45) is 2.15. The van der Waals surface area contributed by atoms with Gasteiger partial charge in [0.05, 0.1) is 5.69 Å². The minimum atomic E-state index is -1.09. The summed E-state index contributed by atoms with van der Waals surface area (Å²) in [6, 6.07) is 10.9. The van der Waals surface area contributed by atoms with Crippen LogP contribution in [0.25, 0.3) is 0 Å². The molecule has 1 aromatic carbocycles. The smallest absolute Gasteiger partial charge is 0.287 e. The highest BCUT2D eigenvalue weighted by molar-refractivity contribution is 8.23. The van der Waals surface area contributed by atoms with E-state index < -0.39 is 16.1 Å². The van der Waals surface area contributed by atoms with E-state index in [0.29, 0.717) is 17.9 Å². The fraction of sp³-hybridized carbons (Fsp3) is 0.316. The third-order valence-corrected chi connectivity index (χ3v) is 5.79. The maximum atomic E-state index is 11.8. The molecule has 3 rings (SSSR count). The molecule has 0 saturated carbocycles. The average Bonchev–Trinajstić information content (AvgIpc) is 2.92. The van der Waals surface area contributed by atoms with Crippen molar-refractivity contribution in [2.45, 2.75) is 29.9 Å². The predicted octanol–water partition coefficient (Wildman–Crippen LogP) is 2.91. The van der Waals surface area contributed by atoms with Gasteiger partial charge < -0.3 is 9.84 Å². The van der Waals surface area contributed by atoms with Crippen molar-refractivity contribution in [1.29, 1.82) is 0 Å². The lowest BCUT2D eigenvalue weighted by Gasteiger charge is -2.17. The second-order valence-electron chi connectivity index (χ2n) is 6.22. The first-order valence-corrected chi connectivity index (χ1v) is 9.77. The Bertz CT molecular complexity index is 827. The number of ether oxygens (including phenoxy) is 1. The fourth-order valence-electron chi connectivity index (χ4n) is 2.61. The summed E-state index contributed by atoms with van der Waals surface area (Å²) in [5, 5.41) is 12.1. The summed E-state index contributed by atoms with van der Waals surface area (Å²) < 4.78 is 4.53. The Morgan fingerprint density at radius 3 is 2.48 bits per heavy atom. The molecule has 6 nitrogen and oxygen atoms in total. The summed E-state index contributed by atoms with van der Waals surface area (Å²) in [5.41, 5.74) is 2.53. The number of carbonyl (C=O) groups excluding carboxylic acids is 2. The molecule has 1 fully saturated rings. The first kappa shape index (κ1) is 19.7. The van der Waals surface area contributed by atoms with Crippen molar-refractivity contribution in [3.05, 3.63) is 59.4 Å². The molecule has 0 spiro atoms. The van der Waals surface area contributed by atoms with Crippen LogP contribution in [0.5, 0.6) is 5.75 Å². The molecule has 142 valence electrons. The molecule has 2 amide bonds. The number of aliphatic hydroxyl groups is 1. The zero-order valence-electron chi connectivity index (χ0n) is 14.7. The summed E-state index contributed by atoms with van der Waals surface area (Å²) in [6.45, 7) is 2.13. The number of amides is 2. The minimum absolute atomic E-state index is 0.0844. The van der Waals surface area contributed by atoms with Crippen molar-refractivity contribution in [1.82, 2.24) is 10.3 Å². The first-order valence-electron chi connectivity index (χ1n) is 8.51. The van der Waals surface area contributed by atoms with E-state index in [1.807, 2.05) is 25.1 Å². The molecule has 2 N–H and O–H groups in total. The van der Waals surface area contributed by atoms with Crippen molar-refractivity contribution >= 4 is 35.5 Å². The van der Waals surface area contributed by atoms with Crippen LogP contribution in [-0.2, 0) is 17.6 Å². The Hall–Kier alpha value is -2.03. The molecule has 0 aliphatic carbocycles. The monoisotopic (exact) mass is 404 g/mol. The number of thiol groups is 1. The number of imide groups is 1. The number of pyridine rings is 1. The van der Waals surface area contributed by atoms with Gasteiger partial charge in [0.15, 0.2) is 4.08 Å². The van der Waals surface area contributed by atoms with Gasteiger partial charge in [-0.05, 0) is 47.5 Å². The molecule has 0 radical (unpaired) electrons. The molecule has 0 bridgehead atoms. The number of nitrogens with zero attached hydrogens (tertiary/aromatic N) is 1. The van der Waals surface area contributed by atoms with Crippen LogP contribution in [0.2, 0.25) is 0 Å². The molecular formula is C19H20N2O4S2. The first-order chi connectivity index (χ1) is 12.9. The number of nitrogens with one attached hydrogen (secondary N) is 1. The molecular weight excluding hydrogens is 384 g/mol. The minimum Gasteiger partial charge on any atom is -0.490 e. The van der Waals surface area contributed by atoms with Gasteiger partial charge in [0, 0.05) is 12.6 Å². The molecule has 2 atom stereocenters. The van der Waals surface area contributed by atoms with Gasteiger partial charge >= 0.3 is 0 Å². The average molecular weight is 405 g/mol. The topological polar surface area (TPSA) is 88.5 Å². The Morgan fingerprint density at radius 2 is 1.93 bits per heavy atom. The number of benzene rings is 1. The summed E-state index contributed by atoms with van der Waals surface area (Å²) in [4.78, 5) is 27.4. The van der Waals surface area contributed by atoms with Crippen LogP contribution in [0, 0.1) is 0 Å². The molecule has 2 heterocycles. The second kappa shape index (κ2) is 8.33. The van der Waals surface area contributed by atoms with Gasteiger partial charge in [0.2, 0.25) is 0 Å². The highest BCUT2D eigenvalue weighted by atomic mass is 32.2. The van der Waals surface area contributed by atoms with Crippen LogP contribution in [0.4, 0.5) is 4.79 Å². The maximum absolute atomic E-state index is 11.8. The Kier molecular flexibility index (Phi) is 6.08. The van der Waals surface area contributed by atoms with Crippen LogP contribution < -0.4 is 10.1 Å². The van der Waals surface area contributed by atoms with Crippen LogP contribution in [0.3, 0.4) is 0 Å². The van der Waals surface area contributed by atoms with Crippen molar-refractivity contribution in [3.63, 3.8) is 0 Å². The quantitative estimate of drug-likeness (QED) is 0.615. The number of aliphatic hydroxyl groups excluding tert-OH is 1. The summed E-state index contributed by atoms with van der Waals surface area (Å²) >= 11 is 5.24. The lowest BCUT2D eigenvalue weighted by Crippen LogP contribution is -2.33. The van der Waals surface area contributed by atoms with Crippen molar-refractivity contribution < 1.29 is 19.4 Å². The lowest BCUT2D eigenvalue weighted by molar-refractivity contribution is -0.119. The maximum Gasteiger partial charge on any atom is 0.287 e. The van der Waals surface area contributed by atoms with Crippen LogP contribution in [0.15, 0.2) is 42.6 Å². The fourth-order valence-corrected chi connectivity index (χ4v) is 3.94. The van der Waals surface area contributed by atoms with Gasteiger partial charge in [-0.25, -0.2) is 0 Å². The van der Waals surface area contributed by atoms with E-state index in [-0.39, 0.29) is 11.8 Å². The van der Waals surface area contributed by atoms with Crippen LogP contribution in [0.1, 0.15) is 29.8 Å². The standard InChI is InChI=1S/C19H20N2O4S2/c1-2-12-5-8-15(20-10-12)16(22)11-25-14-6-3-13(4-7-14)9-19(26)17(23)21-18(24)27-19/h3-8,10,16,22,26H,2,9,11H2,1H3,(H,21,23,24). The molecule has 27 heavy (non-hydrogen) atoms. The molecule has 1 aliphatic rings. The van der Waals surface area contributed by atoms with E-state index >= 15 is 0 Å². The third-order valence-electron chi connectivity index (χ3n) is 4.20. The summed E-state index contributed by atoms with van der Waals surface area (Å²) in [7, 11) is 0. The predicted molar refractivity (Wildman–Crippen MR) is 107 cm³/mol. The van der Waals surface area contributed by atoms with Crippen LogP contribution in [-0.4, -0.2) is 31.9 Å². The SMILES string of the molecule is CCc1ccc(C(O)COc2ccc(CC3(S)SC(=O)NC3=O)cc2)nc1. The van der Waals surface area contributed by atoms with Crippen molar-refractivity contribution in [2.24, 2.45) is 0 Å². The Balaban J connectivity index is 1.56. The number of rotatable bonds is 7. The van der Waals surface area contributed by atoms with E-state index in [9.17, 15) is 14.7 Å². The van der Waals surface area contributed by atoms with Gasteiger partial charge in [-0.3, -0.25) is 19.9 Å². The molecule has 1 saturated heterocycles. The molecule has 2 unspecified atom stereocenters. The van der Waals surface area contributed by atoms with Gasteiger partial charge in [0.1, 0.15) is 18.5 Å². The highest BCUT2D eigenvalue weighted by Gasteiger charge is 2.44. The summed E-state index contributed by atoms with van der Waals surface area (Å²) in [5.74, 6) is 0.196. The molecule has 1 aliphatic heterocycles. The zero-order chi connectivity index (χ0) is 19.4. The molecule has 2 aromatic rings. The molecule has 1 aromatic heterocycles. The van der Waals surface area contributed by atoms with Gasteiger partial charge in [-0.2, -0.15) is 12.6 Å². The third kappa shape index (κ3) is 4.82. The number of aromatic nitrogens is 1. The van der Waals surface area contributed by atoms with Gasteiger partial charge in [-0.1, -0.05) is 25.1 Å². The second-order valence-corrected chi connectivity index (χ2v) is 8.56. The number of hydrogen-bond acceptors (Lipinski definition) is 7. The number of aryl methyl sites for hydroxylation is 1. The van der Waals surface area contributed by atoms with E-state index in [0.717, 1.165) is 29.3 Å². The Labute approximate surface area is 167 Å². The van der Waals surface area contributed by atoms with E-state index in [1.165, 1.54) is 0 Å². The number of hydrogen-bond donors (Lipinski definition) is 3. The van der Waals surface area contributed by atoms with E-state index in [1.54, 1.807) is 24.4 Å². The number of carbonyl (C=O) groups is 2. The Morgan fingerprint density at radius 1 is 1.22 bits per heavy atom. The number of thioether (sulfide) groups is 1. The normalized spacial score (nSPS) is 20.4. The van der Waals surface area contributed by atoms with Gasteiger partial charge in [0.25, 0.3) is 11.1 Å².